The fraction of sp³-hybridized carbons (Fsp3) is 1.00. The molecule has 2 saturated heterocycles. The van der Waals surface area contributed by atoms with Gasteiger partial charge in [0.25, 0.3) is 0 Å². The van der Waals surface area contributed by atoms with Crippen LogP contribution >= 0.6 is 31.9 Å². The van der Waals surface area contributed by atoms with Crippen molar-refractivity contribution in [1.82, 2.24) is 4.31 Å². The number of sulfonamides is 1. The van der Waals surface area contributed by atoms with Crippen LogP contribution in [0.4, 0.5) is 0 Å². The standard InChI is InChI=1S/C7H11Br2NO2S/c8-6-3-5-1-2-10(4-7(6)9)13(5,11)12/h5-7H,1-4H2/t5-,6-,7-/m0/s1. The predicted octanol–water partition coefficient (Wildman–Crippen LogP) is 1.32. The fourth-order valence-corrected chi connectivity index (χ4v) is 5.54. The van der Waals surface area contributed by atoms with E-state index in [1.165, 1.54) is 0 Å². The van der Waals surface area contributed by atoms with Crippen molar-refractivity contribution >= 4 is 41.9 Å². The van der Waals surface area contributed by atoms with E-state index in [0.29, 0.717) is 13.1 Å². The highest BCUT2D eigenvalue weighted by Crippen LogP contribution is 2.35. The first-order valence-corrected chi connectivity index (χ1v) is 7.62. The Bertz CT molecular complexity index is 282. The number of rotatable bonds is 0. The van der Waals surface area contributed by atoms with Gasteiger partial charge in [-0.05, 0) is 12.8 Å². The van der Waals surface area contributed by atoms with E-state index in [2.05, 4.69) is 31.9 Å². The molecular formula is C7H11Br2NO2S. The minimum atomic E-state index is -2.96. The maximum atomic E-state index is 11.8. The number of fused-ring (bicyclic) bond motifs is 2. The SMILES string of the molecule is O=S1(=O)[C@H]2CCN1C[C@H](Br)[C@@H](Br)C2. The highest BCUT2D eigenvalue weighted by Gasteiger charge is 2.44. The van der Waals surface area contributed by atoms with Gasteiger partial charge in [-0.15, -0.1) is 0 Å². The zero-order chi connectivity index (χ0) is 9.64. The summed E-state index contributed by atoms with van der Waals surface area (Å²) in [5, 5.41) is -0.153. The van der Waals surface area contributed by atoms with Gasteiger partial charge >= 0.3 is 0 Å². The van der Waals surface area contributed by atoms with Gasteiger partial charge in [-0.1, -0.05) is 31.9 Å². The second-order valence-corrected chi connectivity index (χ2v) is 8.15. The van der Waals surface area contributed by atoms with E-state index in [1.54, 1.807) is 4.31 Å². The van der Waals surface area contributed by atoms with Crippen LogP contribution < -0.4 is 0 Å². The smallest absolute Gasteiger partial charge is 0.212 e. The lowest BCUT2D eigenvalue weighted by atomic mass is 10.1. The molecule has 13 heavy (non-hydrogen) atoms. The zero-order valence-electron chi connectivity index (χ0n) is 6.99. The number of nitrogens with zero attached hydrogens (tertiary/aromatic N) is 1. The second-order valence-electron chi connectivity index (χ2n) is 3.58. The average Bonchev–Trinajstić information content (AvgIpc) is 2.25. The summed E-state index contributed by atoms with van der Waals surface area (Å²) in [6, 6.07) is 0. The molecule has 2 aliphatic rings. The van der Waals surface area contributed by atoms with Crippen LogP contribution in [0, 0.1) is 0 Å². The lowest BCUT2D eigenvalue weighted by Crippen LogP contribution is -2.32. The predicted molar refractivity (Wildman–Crippen MR) is 58.9 cm³/mol. The maximum Gasteiger partial charge on any atom is 0.217 e. The molecular weight excluding hydrogens is 322 g/mol. The lowest BCUT2D eigenvalue weighted by molar-refractivity contribution is 0.435. The van der Waals surface area contributed by atoms with Crippen LogP contribution in [0.25, 0.3) is 0 Å². The number of hydrogen-bond acceptors (Lipinski definition) is 2. The number of halogens is 2. The molecule has 2 aliphatic heterocycles. The van der Waals surface area contributed by atoms with Gasteiger partial charge in [0.1, 0.15) is 0 Å². The maximum absolute atomic E-state index is 11.8. The van der Waals surface area contributed by atoms with Gasteiger partial charge in [-0.3, -0.25) is 0 Å². The van der Waals surface area contributed by atoms with Crippen LogP contribution in [0.1, 0.15) is 12.8 Å². The summed E-state index contributed by atoms with van der Waals surface area (Å²) >= 11 is 7.02. The van der Waals surface area contributed by atoms with Gasteiger partial charge < -0.3 is 0 Å². The molecule has 6 heteroatoms. The molecule has 2 heterocycles. The molecule has 2 fully saturated rings. The van der Waals surface area contributed by atoms with E-state index in [1.807, 2.05) is 0 Å². The minimum Gasteiger partial charge on any atom is -0.212 e. The Kier molecular flexibility index (Phi) is 2.77. The van der Waals surface area contributed by atoms with Crippen molar-refractivity contribution in [3.63, 3.8) is 0 Å². The van der Waals surface area contributed by atoms with Crippen LogP contribution in [-0.2, 0) is 10.0 Å². The Morgan fingerprint density at radius 3 is 2.62 bits per heavy atom. The molecule has 0 aromatic heterocycles. The van der Waals surface area contributed by atoms with Crippen LogP contribution in [-0.4, -0.2) is 40.7 Å². The summed E-state index contributed by atoms with van der Waals surface area (Å²) in [6.45, 7) is 1.31. The molecule has 0 spiro atoms. The number of alkyl halides is 2. The highest BCUT2D eigenvalue weighted by molar-refractivity contribution is 9.12. The molecule has 0 aliphatic carbocycles. The van der Waals surface area contributed by atoms with Crippen molar-refractivity contribution < 1.29 is 8.42 Å². The van der Waals surface area contributed by atoms with Crippen molar-refractivity contribution in [2.75, 3.05) is 13.1 Å². The van der Waals surface area contributed by atoms with Crippen LogP contribution in [0.2, 0.25) is 0 Å². The first kappa shape index (κ1) is 10.4. The summed E-state index contributed by atoms with van der Waals surface area (Å²) in [6.07, 6.45) is 1.53. The Labute approximate surface area is 95.2 Å². The zero-order valence-corrected chi connectivity index (χ0v) is 11.0. The largest absolute Gasteiger partial charge is 0.217 e. The molecule has 0 aromatic carbocycles. The third kappa shape index (κ3) is 1.70. The van der Waals surface area contributed by atoms with Crippen molar-refractivity contribution in [2.45, 2.75) is 27.7 Å². The van der Waals surface area contributed by atoms with E-state index < -0.39 is 10.0 Å². The average molecular weight is 333 g/mol. The molecule has 4 atom stereocenters. The quantitative estimate of drug-likeness (QED) is 0.627. The van der Waals surface area contributed by atoms with Crippen LogP contribution in [0.15, 0.2) is 0 Å². The second kappa shape index (κ2) is 3.47. The summed E-state index contributed by atoms with van der Waals surface area (Å²) in [4.78, 5) is 0.519. The normalized spacial score (nSPS) is 48.8. The lowest BCUT2D eigenvalue weighted by Gasteiger charge is -2.18. The van der Waals surface area contributed by atoms with Crippen LogP contribution in [0.3, 0.4) is 0 Å². The van der Waals surface area contributed by atoms with Gasteiger partial charge in [0.15, 0.2) is 0 Å². The molecule has 1 unspecified atom stereocenters. The van der Waals surface area contributed by atoms with E-state index in [0.717, 1.165) is 12.8 Å². The molecule has 76 valence electrons. The topological polar surface area (TPSA) is 37.4 Å². The van der Waals surface area contributed by atoms with Gasteiger partial charge in [-0.2, -0.15) is 0 Å². The summed E-state index contributed by atoms with van der Waals surface area (Å²) in [7, 11) is -2.96. The van der Waals surface area contributed by atoms with E-state index in [-0.39, 0.29) is 14.9 Å². The van der Waals surface area contributed by atoms with Gasteiger partial charge in [0.05, 0.1) is 5.25 Å². The van der Waals surface area contributed by atoms with E-state index in [4.69, 9.17) is 0 Å². The molecule has 2 rings (SSSR count). The van der Waals surface area contributed by atoms with Crippen molar-refractivity contribution in [2.24, 2.45) is 0 Å². The third-order valence-electron chi connectivity index (χ3n) is 2.74. The molecule has 3 nitrogen and oxygen atoms in total. The molecule has 0 radical (unpaired) electrons. The van der Waals surface area contributed by atoms with Gasteiger partial charge in [-0.25, -0.2) is 12.7 Å². The Morgan fingerprint density at radius 2 is 1.92 bits per heavy atom. The molecule has 2 bridgehead atoms. The Morgan fingerprint density at radius 1 is 1.23 bits per heavy atom. The van der Waals surface area contributed by atoms with Crippen molar-refractivity contribution in [3.8, 4) is 0 Å². The van der Waals surface area contributed by atoms with Crippen molar-refractivity contribution in [1.29, 1.82) is 0 Å². The monoisotopic (exact) mass is 331 g/mol. The first-order valence-electron chi connectivity index (χ1n) is 4.29. The molecule has 0 amide bonds. The minimum absolute atomic E-state index is 0.153. The van der Waals surface area contributed by atoms with Gasteiger partial charge in [0, 0.05) is 22.7 Å². The van der Waals surface area contributed by atoms with Crippen LogP contribution in [0.5, 0.6) is 0 Å². The number of hydrogen-bond donors (Lipinski definition) is 0. The van der Waals surface area contributed by atoms with Crippen molar-refractivity contribution in [3.05, 3.63) is 0 Å². The summed E-state index contributed by atoms with van der Waals surface area (Å²) < 4.78 is 25.2. The Balaban J connectivity index is 2.31. The highest BCUT2D eigenvalue weighted by atomic mass is 79.9. The Hall–Kier alpha value is 0.870. The third-order valence-corrected chi connectivity index (χ3v) is 7.71. The molecule has 0 N–H and O–H groups in total. The summed E-state index contributed by atoms with van der Waals surface area (Å²) in [5.74, 6) is 0. The van der Waals surface area contributed by atoms with E-state index >= 15 is 0 Å². The van der Waals surface area contributed by atoms with E-state index in [9.17, 15) is 8.42 Å². The molecule has 0 aromatic rings. The summed E-state index contributed by atoms with van der Waals surface area (Å²) in [5.41, 5.74) is 0. The molecule has 0 saturated carbocycles. The first-order chi connectivity index (χ1) is 6.01. The van der Waals surface area contributed by atoms with Gasteiger partial charge in [0.2, 0.25) is 10.0 Å². The fourth-order valence-electron chi connectivity index (χ4n) is 1.92.